The van der Waals surface area contributed by atoms with E-state index in [2.05, 4.69) is 15.0 Å². The van der Waals surface area contributed by atoms with Gasteiger partial charge in [0, 0.05) is 25.2 Å². The highest BCUT2D eigenvalue weighted by Gasteiger charge is 2.17. The molecule has 3 aromatic rings. The van der Waals surface area contributed by atoms with Gasteiger partial charge in [-0.25, -0.2) is 4.98 Å². The first-order valence-electron chi connectivity index (χ1n) is 8.65. The summed E-state index contributed by atoms with van der Waals surface area (Å²) in [6.45, 7) is 2.99. The lowest BCUT2D eigenvalue weighted by molar-refractivity contribution is -0.120. The molecule has 0 unspecified atom stereocenters. The Labute approximate surface area is 151 Å². The summed E-state index contributed by atoms with van der Waals surface area (Å²) in [5.74, 6) is 1.61. The van der Waals surface area contributed by atoms with Crippen LogP contribution >= 0.6 is 0 Å². The first-order valence-corrected chi connectivity index (χ1v) is 8.65. The second-order valence-electron chi connectivity index (χ2n) is 6.12. The summed E-state index contributed by atoms with van der Waals surface area (Å²) in [7, 11) is 0. The molecule has 7 nitrogen and oxygen atoms in total. The van der Waals surface area contributed by atoms with E-state index in [-0.39, 0.29) is 18.8 Å². The molecular formula is C19H20N4O3. The number of hydrogen-bond acceptors (Lipinski definition) is 6. The van der Waals surface area contributed by atoms with E-state index in [0.717, 1.165) is 30.2 Å². The number of ether oxygens (including phenoxy) is 2. The first kappa shape index (κ1) is 16.5. The number of aromatic nitrogens is 3. The van der Waals surface area contributed by atoms with Crippen molar-refractivity contribution in [3.8, 4) is 5.75 Å². The van der Waals surface area contributed by atoms with Crippen molar-refractivity contribution in [2.24, 2.45) is 0 Å². The number of benzene rings is 1. The number of nitrogens with zero attached hydrogens (tertiary/aromatic N) is 4. The van der Waals surface area contributed by atoms with E-state index in [1.807, 2.05) is 42.5 Å². The standard InChI is InChI=1S/C19H20N4O3/c24-16(14-26-17-4-2-1-3-5-17)12-15-13-19(22-8-10-25-11-9-22)23-18(21-15)6-7-20-23/h1-7,13H,8-12,14H2. The summed E-state index contributed by atoms with van der Waals surface area (Å²) in [6, 6.07) is 13.1. The molecule has 7 heteroatoms. The molecule has 26 heavy (non-hydrogen) atoms. The summed E-state index contributed by atoms with van der Waals surface area (Å²) < 4.78 is 12.8. The minimum Gasteiger partial charge on any atom is -0.486 e. The molecule has 1 aliphatic rings. The van der Waals surface area contributed by atoms with Gasteiger partial charge in [0.05, 0.1) is 31.5 Å². The number of hydrogen-bond donors (Lipinski definition) is 0. The molecule has 0 spiro atoms. The third-order valence-electron chi connectivity index (χ3n) is 4.25. The Bertz CT molecular complexity index is 888. The van der Waals surface area contributed by atoms with E-state index in [0.29, 0.717) is 19.0 Å². The average Bonchev–Trinajstić information content (AvgIpc) is 3.16. The van der Waals surface area contributed by atoms with E-state index in [1.165, 1.54) is 0 Å². The van der Waals surface area contributed by atoms with Crippen LogP contribution < -0.4 is 9.64 Å². The quantitative estimate of drug-likeness (QED) is 0.673. The van der Waals surface area contributed by atoms with Gasteiger partial charge in [0.1, 0.15) is 18.2 Å². The van der Waals surface area contributed by atoms with Crippen molar-refractivity contribution in [2.75, 3.05) is 37.8 Å². The smallest absolute Gasteiger partial charge is 0.176 e. The Morgan fingerprint density at radius 3 is 2.77 bits per heavy atom. The van der Waals surface area contributed by atoms with Gasteiger partial charge in [-0.2, -0.15) is 9.61 Å². The van der Waals surface area contributed by atoms with Crippen LogP contribution in [0.15, 0.2) is 48.7 Å². The van der Waals surface area contributed by atoms with E-state index in [1.54, 1.807) is 10.7 Å². The number of para-hydroxylation sites is 1. The zero-order valence-corrected chi connectivity index (χ0v) is 14.4. The third-order valence-corrected chi connectivity index (χ3v) is 4.25. The predicted molar refractivity (Wildman–Crippen MR) is 96.7 cm³/mol. The van der Waals surface area contributed by atoms with Gasteiger partial charge in [-0.1, -0.05) is 18.2 Å². The van der Waals surface area contributed by atoms with Gasteiger partial charge >= 0.3 is 0 Å². The monoisotopic (exact) mass is 352 g/mol. The van der Waals surface area contributed by atoms with Crippen molar-refractivity contribution in [3.05, 3.63) is 54.4 Å². The molecule has 0 aliphatic carbocycles. The van der Waals surface area contributed by atoms with Crippen LogP contribution in [-0.4, -0.2) is 53.3 Å². The van der Waals surface area contributed by atoms with Crippen molar-refractivity contribution in [2.45, 2.75) is 6.42 Å². The summed E-state index contributed by atoms with van der Waals surface area (Å²) in [4.78, 5) is 19.1. The minimum atomic E-state index is -0.0156. The van der Waals surface area contributed by atoms with Gasteiger partial charge in [0.2, 0.25) is 0 Å². The number of carbonyl (C=O) groups excluding carboxylic acids is 1. The molecule has 1 fully saturated rings. The lowest BCUT2D eigenvalue weighted by Gasteiger charge is -2.29. The fraction of sp³-hybridized carbons (Fsp3) is 0.316. The van der Waals surface area contributed by atoms with E-state index < -0.39 is 0 Å². The maximum absolute atomic E-state index is 12.3. The lowest BCUT2D eigenvalue weighted by atomic mass is 10.2. The molecule has 1 aromatic carbocycles. The second kappa shape index (κ2) is 7.53. The SMILES string of the molecule is O=C(COc1ccccc1)Cc1cc(N2CCOCC2)n2nccc2n1. The Balaban J connectivity index is 1.50. The summed E-state index contributed by atoms with van der Waals surface area (Å²) in [5, 5.41) is 4.35. The van der Waals surface area contributed by atoms with Crippen LogP contribution in [0.5, 0.6) is 5.75 Å². The zero-order valence-electron chi connectivity index (χ0n) is 14.4. The molecule has 1 aliphatic heterocycles. The van der Waals surface area contributed by atoms with Crippen molar-refractivity contribution in [1.82, 2.24) is 14.6 Å². The van der Waals surface area contributed by atoms with Gasteiger partial charge in [0.15, 0.2) is 11.4 Å². The molecule has 0 amide bonds. The van der Waals surface area contributed by atoms with Gasteiger partial charge in [-0.15, -0.1) is 0 Å². The van der Waals surface area contributed by atoms with Crippen LogP contribution in [0.3, 0.4) is 0 Å². The topological polar surface area (TPSA) is 69.0 Å². The molecule has 134 valence electrons. The number of ketones is 1. The lowest BCUT2D eigenvalue weighted by Crippen LogP contribution is -2.37. The maximum Gasteiger partial charge on any atom is 0.176 e. The Kier molecular flexibility index (Phi) is 4.79. The van der Waals surface area contributed by atoms with Gasteiger partial charge in [-0.05, 0) is 12.1 Å². The molecule has 1 saturated heterocycles. The minimum absolute atomic E-state index is 0.0156. The fourth-order valence-corrected chi connectivity index (χ4v) is 2.99. The van der Waals surface area contributed by atoms with Gasteiger partial charge < -0.3 is 14.4 Å². The fourth-order valence-electron chi connectivity index (χ4n) is 2.99. The van der Waals surface area contributed by atoms with Gasteiger partial charge in [-0.3, -0.25) is 4.79 Å². The van der Waals surface area contributed by atoms with Crippen molar-refractivity contribution < 1.29 is 14.3 Å². The van der Waals surface area contributed by atoms with E-state index >= 15 is 0 Å². The summed E-state index contributed by atoms with van der Waals surface area (Å²) in [6.07, 6.45) is 1.95. The number of carbonyl (C=O) groups is 1. The molecule has 0 atom stereocenters. The number of anilines is 1. The number of morpholine rings is 1. The largest absolute Gasteiger partial charge is 0.486 e. The van der Waals surface area contributed by atoms with Crippen LogP contribution in [-0.2, 0) is 16.0 Å². The Morgan fingerprint density at radius 1 is 1.15 bits per heavy atom. The van der Waals surface area contributed by atoms with Crippen molar-refractivity contribution >= 4 is 17.2 Å². The Hall–Kier alpha value is -2.93. The predicted octanol–water partition coefficient (Wildman–Crippen LogP) is 1.76. The van der Waals surface area contributed by atoms with Crippen molar-refractivity contribution in [3.63, 3.8) is 0 Å². The normalized spacial score (nSPS) is 14.5. The highest BCUT2D eigenvalue weighted by Crippen LogP contribution is 2.19. The molecular weight excluding hydrogens is 332 g/mol. The number of rotatable bonds is 6. The molecule has 4 rings (SSSR count). The van der Waals surface area contributed by atoms with Crippen LogP contribution in [0, 0.1) is 0 Å². The molecule has 0 N–H and O–H groups in total. The summed E-state index contributed by atoms with van der Waals surface area (Å²) in [5.41, 5.74) is 1.46. The molecule has 2 aromatic heterocycles. The molecule has 0 saturated carbocycles. The molecule has 0 bridgehead atoms. The number of fused-ring (bicyclic) bond motifs is 1. The van der Waals surface area contributed by atoms with Gasteiger partial charge in [0.25, 0.3) is 0 Å². The highest BCUT2D eigenvalue weighted by molar-refractivity contribution is 5.82. The summed E-state index contributed by atoms with van der Waals surface area (Å²) >= 11 is 0. The first-order chi connectivity index (χ1) is 12.8. The van der Waals surface area contributed by atoms with Crippen LogP contribution in [0.1, 0.15) is 5.69 Å². The van der Waals surface area contributed by atoms with Crippen LogP contribution in [0.4, 0.5) is 5.82 Å². The van der Waals surface area contributed by atoms with Crippen molar-refractivity contribution in [1.29, 1.82) is 0 Å². The van der Waals surface area contributed by atoms with Crippen LogP contribution in [0.25, 0.3) is 5.65 Å². The highest BCUT2D eigenvalue weighted by atomic mass is 16.5. The van der Waals surface area contributed by atoms with Crippen LogP contribution in [0.2, 0.25) is 0 Å². The number of Topliss-reactive ketones (excluding diaryl/α,β-unsaturated/α-hetero) is 1. The van der Waals surface area contributed by atoms with E-state index in [9.17, 15) is 4.79 Å². The Morgan fingerprint density at radius 2 is 1.96 bits per heavy atom. The molecule has 0 radical (unpaired) electrons. The second-order valence-corrected chi connectivity index (χ2v) is 6.12. The maximum atomic E-state index is 12.3. The zero-order chi connectivity index (χ0) is 17.8. The average molecular weight is 352 g/mol. The van der Waals surface area contributed by atoms with E-state index in [4.69, 9.17) is 9.47 Å². The molecule has 3 heterocycles. The third kappa shape index (κ3) is 3.67.